The maximum atomic E-state index is 12.6. The van der Waals surface area contributed by atoms with Crippen LogP contribution >= 0.6 is 11.8 Å². The summed E-state index contributed by atoms with van der Waals surface area (Å²) in [4.78, 5) is 32.7. The van der Waals surface area contributed by atoms with Crippen molar-refractivity contribution in [3.63, 3.8) is 0 Å². The minimum Gasteiger partial charge on any atom is -0.497 e. The number of carbonyl (C=O) groups excluding carboxylic acids is 2. The molecule has 1 aromatic heterocycles. The number of methoxy groups -OCH3 is 2. The Morgan fingerprint density at radius 1 is 1.13 bits per heavy atom. The van der Waals surface area contributed by atoms with Gasteiger partial charge in [-0.3, -0.25) is 0 Å². The molecule has 0 saturated carbocycles. The second-order valence-electron chi connectivity index (χ2n) is 6.54. The van der Waals surface area contributed by atoms with Crippen LogP contribution in [0.3, 0.4) is 0 Å². The SMILES string of the molecule is COC(=O)C1=C(CSc2nc3ccccc3[nH]2)NC(=O)N[C@@H]1c1ccc(OC)cc1. The Bertz CT molecular complexity index is 1090. The summed E-state index contributed by atoms with van der Waals surface area (Å²) >= 11 is 1.39. The number of nitrogens with one attached hydrogen (secondary N) is 3. The molecule has 0 aliphatic carbocycles. The van der Waals surface area contributed by atoms with Crippen molar-refractivity contribution in [2.24, 2.45) is 0 Å². The van der Waals surface area contributed by atoms with E-state index < -0.39 is 12.0 Å². The summed E-state index contributed by atoms with van der Waals surface area (Å²) in [7, 11) is 2.90. The van der Waals surface area contributed by atoms with Gasteiger partial charge in [-0.25, -0.2) is 14.6 Å². The third-order valence-corrected chi connectivity index (χ3v) is 5.63. The van der Waals surface area contributed by atoms with Crippen LogP contribution in [-0.2, 0) is 9.53 Å². The lowest BCUT2D eigenvalue weighted by Gasteiger charge is -2.29. The van der Waals surface area contributed by atoms with Gasteiger partial charge in [-0.15, -0.1) is 0 Å². The zero-order valence-corrected chi connectivity index (χ0v) is 17.2. The highest BCUT2D eigenvalue weighted by Crippen LogP contribution is 2.31. The molecule has 2 amide bonds. The van der Waals surface area contributed by atoms with Gasteiger partial charge < -0.3 is 25.1 Å². The number of aromatic nitrogens is 2. The molecular formula is C21H20N4O4S. The summed E-state index contributed by atoms with van der Waals surface area (Å²) in [5.74, 6) is 0.511. The molecule has 30 heavy (non-hydrogen) atoms. The molecule has 0 radical (unpaired) electrons. The number of hydrogen-bond acceptors (Lipinski definition) is 6. The second-order valence-corrected chi connectivity index (χ2v) is 7.50. The van der Waals surface area contributed by atoms with Crippen molar-refractivity contribution in [2.45, 2.75) is 11.2 Å². The molecule has 0 bridgehead atoms. The molecular weight excluding hydrogens is 404 g/mol. The summed E-state index contributed by atoms with van der Waals surface area (Å²) in [6.07, 6.45) is 0. The lowest BCUT2D eigenvalue weighted by Crippen LogP contribution is -2.46. The van der Waals surface area contributed by atoms with Crippen LogP contribution in [0.15, 0.2) is 65.0 Å². The highest BCUT2D eigenvalue weighted by atomic mass is 32.2. The van der Waals surface area contributed by atoms with Crippen LogP contribution in [0.25, 0.3) is 11.0 Å². The van der Waals surface area contributed by atoms with Crippen LogP contribution in [0.2, 0.25) is 0 Å². The van der Waals surface area contributed by atoms with Crippen molar-refractivity contribution < 1.29 is 19.1 Å². The summed E-state index contributed by atoms with van der Waals surface area (Å²) in [5.41, 5.74) is 3.36. The van der Waals surface area contributed by atoms with Crippen LogP contribution in [0.5, 0.6) is 5.75 Å². The number of esters is 1. The van der Waals surface area contributed by atoms with E-state index in [9.17, 15) is 9.59 Å². The van der Waals surface area contributed by atoms with Crippen LogP contribution < -0.4 is 15.4 Å². The number of rotatable bonds is 6. The van der Waals surface area contributed by atoms with Crippen molar-refractivity contribution >= 4 is 34.8 Å². The summed E-state index contributed by atoms with van der Waals surface area (Å²) < 4.78 is 10.2. The predicted octanol–water partition coefficient (Wildman–Crippen LogP) is 3.14. The van der Waals surface area contributed by atoms with E-state index in [1.54, 1.807) is 19.2 Å². The molecule has 1 atom stereocenters. The number of para-hydroxylation sites is 2. The van der Waals surface area contributed by atoms with Crippen molar-refractivity contribution in [3.05, 3.63) is 65.4 Å². The number of carbonyl (C=O) groups is 2. The Hall–Kier alpha value is -3.46. The van der Waals surface area contributed by atoms with Gasteiger partial charge in [-0.1, -0.05) is 36.0 Å². The van der Waals surface area contributed by atoms with Gasteiger partial charge in [-0.2, -0.15) is 0 Å². The van der Waals surface area contributed by atoms with E-state index in [0.717, 1.165) is 16.6 Å². The first kappa shape index (κ1) is 19.8. The number of imidazole rings is 1. The zero-order valence-electron chi connectivity index (χ0n) is 16.4. The first-order valence-corrected chi connectivity index (χ1v) is 10.2. The maximum absolute atomic E-state index is 12.6. The third kappa shape index (κ3) is 3.97. The van der Waals surface area contributed by atoms with Gasteiger partial charge in [0.15, 0.2) is 5.16 Å². The fourth-order valence-electron chi connectivity index (χ4n) is 3.27. The maximum Gasteiger partial charge on any atom is 0.338 e. The number of amides is 2. The molecule has 1 aliphatic heterocycles. The number of H-pyrrole nitrogens is 1. The quantitative estimate of drug-likeness (QED) is 0.415. The Kier molecular flexibility index (Phi) is 5.62. The third-order valence-electron chi connectivity index (χ3n) is 4.73. The highest BCUT2D eigenvalue weighted by molar-refractivity contribution is 7.99. The van der Waals surface area contributed by atoms with E-state index in [2.05, 4.69) is 20.6 Å². The van der Waals surface area contributed by atoms with E-state index >= 15 is 0 Å². The summed E-state index contributed by atoms with van der Waals surface area (Å²) in [6.45, 7) is 0. The van der Waals surface area contributed by atoms with Crippen LogP contribution in [0.1, 0.15) is 11.6 Å². The molecule has 3 N–H and O–H groups in total. The molecule has 2 heterocycles. The van der Waals surface area contributed by atoms with Crippen molar-refractivity contribution in [3.8, 4) is 5.75 Å². The monoisotopic (exact) mass is 424 g/mol. The molecule has 4 rings (SSSR count). The van der Waals surface area contributed by atoms with Crippen molar-refractivity contribution in [1.82, 2.24) is 20.6 Å². The average Bonchev–Trinajstić information content (AvgIpc) is 3.20. The van der Waals surface area contributed by atoms with Gasteiger partial charge in [0.25, 0.3) is 0 Å². The number of benzene rings is 2. The number of aromatic amines is 1. The predicted molar refractivity (Wildman–Crippen MR) is 113 cm³/mol. The van der Waals surface area contributed by atoms with Crippen LogP contribution in [0, 0.1) is 0 Å². The molecule has 3 aromatic rings. The van der Waals surface area contributed by atoms with Crippen LogP contribution in [-0.4, -0.2) is 41.9 Å². The molecule has 0 unspecified atom stereocenters. The average molecular weight is 424 g/mol. The molecule has 0 saturated heterocycles. The van der Waals surface area contributed by atoms with Gasteiger partial charge >= 0.3 is 12.0 Å². The van der Waals surface area contributed by atoms with Gasteiger partial charge in [0, 0.05) is 11.4 Å². The van der Waals surface area contributed by atoms with Crippen LogP contribution in [0.4, 0.5) is 4.79 Å². The summed E-state index contributed by atoms with van der Waals surface area (Å²) in [5, 5.41) is 6.25. The van der Waals surface area contributed by atoms with E-state index in [-0.39, 0.29) is 6.03 Å². The fourth-order valence-corrected chi connectivity index (χ4v) is 4.12. The number of urea groups is 1. The largest absolute Gasteiger partial charge is 0.497 e. The number of fused-ring (bicyclic) bond motifs is 1. The Morgan fingerprint density at radius 2 is 1.90 bits per heavy atom. The lowest BCUT2D eigenvalue weighted by atomic mass is 9.95. The molecule has 8 nitrogen and oxygen atoms in total. The van der Waals surface area contributed by atoms with Crippen molar-refractivity contribution in [1.29, 1.82) is 0 Å². The normalized spacial score (nSPS) is 16.2. The van der Waals surface area contributed by atoms with Gasteiger partial charge in [0.2, 0.25) is 0 Å². The van der Waals surface area contributed by atoms with E-state index in [0.29, 0.717) is 27.9 Å². The van der Waals surface area contributed by atoms with E-state index in [4.69, 9.17) is 9.47 Å². The van der Waals surface area contributed by atoms with Crippen molar-refractivity contribution in [2.75, 3.05) is 20.0 Å². The first-order valence-electron chi connectivity index (χ1n) is 9.19. The van der Waals surface area contributed by atoms with Gasteiger partial charge in [-0.05, 0) is 29.8 Å². The molecule has 0 fully saturated rings. The highest BCUT2D eigenvalue weighted by Gasteiger charge is 2.33. The van der Waals surface area contributed by atoms with E-state index in [1.807, 2.05) is 36.4 Å². The minimum atomic E-state index is -0.636. The Balaban J connectivity index is 1.66. The standard InChI is InChI=1S/C21H20N4O4S/c1-28-13-9-7-12(8-10-13)18-17(19(26)29-2)16(22-20(27)25-18)11-30-21-23-14-5-3-4-6-15(14)24-21/h3-10,18H,11H2,1-2H3,(H,23,24)(H2,22,25,27)/t18-/m1/s1. The zero-order chi connectivity index (χ0) is 21.1. The molecule has 2 aromatic carbocycles. The Labute approximate surface area is 177 Å². The van der Waals surface area contributed by atoms with E-state index in [1.165, 1.54) is 18.9 Å². The molecule has 9 heteroatoms. The number of ether oxygens (including phenoxy) is 2. The first-order chi connectivity index (χ1) is 14.6. The number of hydrogen-bond donors (Lipinski definition) is 3. The fraction of sp³-hybridized carbons (Fsp3) is 0.190. The van der Waals surface area contributed by atoms with Gasteiger partial charge in [0.05, 0.1) is 36.9 Å². The molecule has 0 spiro atoms. The molecule has 154 valence electrons. The number of nitrogens with zero attached hydrogens (tertiary/aromatic N) is 1. The smallest absolute Gasteiger partial charge is 0.338 e. The number of thioether (sulfide) groups is 1. The molecule has 1 aliphatic rings. The topological polar surface area (TPSA) is 105 Å². The van der Waals surface area contributed by atoms with Gasteiger partial charge in [0.1, 0.15) is 5.75 Å². The minimum absolute atomic E-state index is 0.338. The lowest BCUT2D eigenvalue weighted by molar-refractivity contribution is -0.136. The Morgan fingerprint density at radius 3 is 2.60 bits per heavy atom. The summed E-state index contributed by atoms with van der Waals surface area (Å²) in [6, 6.07) is 13.9. The second kappa shape index (κ2) is 8.50.